The van der Waals surface area contributed by atoms with Crippen LogP contribution in [0.4, 0.5) is 5.82 Å². The second-order valence-corrected chi connectivity index (χ2v) is 22.4. The van der Waals surface area contributed by atoms with Gasteiger partial charge in [0.15, 0.2) is 6.10 Å². The highest BCUT2D eigenvalue weighted by molar-refractivity contribution is 7.61. The van der Waals surface area contributed by atoms with Crippen molar-refractivity contribution >= 4 is 33.4 Å². The second-order valence-electron chi connectivity index (χ2n) is 19.4. The van der Waals surface area contributed by atoms with Gasteiger partial charge < -0.3 is 55.3 Å². The molecule has 3 rings (SSSR count). The van der Waals surface area contributed by atoms with Gasteiger partial charge in [0.25, 0.3) is 0 Å². The van der Waals surface area contributed by atoms with Crippen molar-refractivity contribution in [2.45, 2.75) is 204 Å². The molecule has 0 saturated carbocycles. The van der Waals surface area contributed by atoms with Gasteiger partial charge in [-0.2, -0.15) is 9.29 Å². The maximum atomic E-state index is 13.3. The van der Waals surface area contributed by atoms with Crippen molar-refractivity contribution in [3.8, 4) is 0 Å². The second kappa shape index (κ2) is 37.3. The lowest BCUT2D eigenvalue weighted by molar-refractivity contribution is -0.194. The van der Waals surface area contributed by atoms with Crippen LogP contribution in [0.1, 0.15) is 161 Å². The third kappa shape index (κ3) is 27.3. The molecular weight excluding hydrogens is 1030 g/mol. The van der Waals surface area contributed by atoms with Crippen molar-refractivity contribution in [2.75, 3.05) is 25.6 Å². The van der Waals surface area contributed by atoms with Gasteiger partial charge in [-0.05, 0) is 63.9 Å². The molecule has 0 radical (unpaired) electrons. The number of hydrogen-bond donors (Lipinski definition) is 8. The van der Waals surface area contributed by atoms with E-state index < -0.39 is 127 Å². The van der Waals surface area contributed by atoms with Gasteiger partial charge >= 0.3 is 33.3 Å². The largest absolute Gasteiger partial charge is 0.481 e. The van der Waals surface area contributed by atoms with E-state index in [1.165, 1.54) is 56.1 Å². The number of cyclic esters (lactones) is 1. The number of aromatic nitrogens is 2. The van der Waals surface area contributed by atoms with E-state index in [1.807, 2.05) is 6.92 Å². The van der Waals surface area contributed by atoms with Gasteiger partial charge in [-0.25, -0.2) is 13.9 Å². The average molecular weight is 1120 g/mol. The maximum Gasteiger partial charge on any atom is 0.481 e. The van der Waals surface area contributed by atoms with E-state index in [0.717, 1.165) is 81.4 Å². The number of fused-ring (bicyclic) bond motifs is 3. The number of esters is 2. The number of carbonyl (C=O) groups is 2. The predicted molar refractivity (Wildman–Crippen MR) is 286 cm³/mol. The predicted octanol–water partition coefficient (Wildman–Crippen LogP) is 7.88. The molecule has 0 aromatic carbocycles. The first-order valence-corrected chi connectivity index (χ1v) is 30.0. The van der Waals surface area contributed by atoms with Crippen LogP contribution in [0.15, 0.2) is 77.8 Å². The molecule has 1 aromatic rings. The number of nitrogens with zero attached hydrogens (tertiary/aromatic N) is 2. The Morgan fingerprint density at radius 3 is 2.08 bits per heavy atom. The number of anilines is 1. The Kier molecular flexibility index (Phi) is 32.7. The molecule has 432 valence electrons. The number of allylic oxidation sites excluding steroid dienone is 7. The smallest absolute Gasteiger partial charge is 0.462 e. The van der Waals surface area contributed by atoms with Crippen molar-refractivity contribution in [3.05, 3.63) is 83.5 Å². The first-order chi connectivity index (χ1) is 36.4. The van der Waals surface area contributed by atoms with Crippen molar-refractivity contribution in [1.82, 2.24) is 9.55 Å². The Bertz CT molecular complexity index is 2140. The van der Waals surface area contributed by atoms with Crippen LogP contribution in [0, 0.1) is 11.8 Å². The molecule has 2 aliphatic heterocycles. The topological polar surface area (TPSA) is 326 Å². The fourth-order valence-electron chi connectivity index (χ4n) is 8.58. The number of rotatable bonds is 27. The van der Waals surface area contributed by atoms with E-state index >= 15 is 0 Å². The van der Waals surface area contributed by atoms with Gasteiger partial charge in [0.1, 0.15) is 30.9 Å². The Morgan fingerprint density at radius 1 is 0.816 bits per heavy atom. The molecule has 21 nitrogen and oxygen atoms in total. The third-order valence-electron chi connectivity index (χ3n) is 12.9. The van der Waals surface area contributed by atoms with E-state index in [9.17, 15) is 58.8 Å². The zero-order valence-corrected chi connectivity index (χ0v) is 46.2. The number of phosphoric acid groups is 2. The van der Waals surface area contributed by atoms with E-state index in [0.29, 0.717) is 19.3 Å². The van der Waals surface area contributed by atoms with E-state index in [4.69, 9.17) is 29.0 Å². The summed E-state index contributed by atoms with van der Waals surface area (Å²) >= 11 is 0. The Labute approximate surface area is 448 Å². The number of phosphoric ester groups is 2. The molecule has 2 bridgehead atoms. The molecular formula is C53H87N3O18P2. The standard InChI is InChI=1S/C53H87N3O18P2/c1-3-5-7-8-9-10-11-12-13-14-15-16-17-18-19-20-21-22-23-25-30-48(60)69-37-41-38-70-75(65,66)74-76(67,68)71-39-46-51(63)50(62)42(33-32-40(57)28-24-6-4-2)44(58)36-45(59)43(29-26-27-31-49(61)72-41)52(73-46)56-35-34-47(54)55-53(56)64/h10-11,13-14,16-17,26-27,32-35,40-46,50-52,57-59,62-63H,3-9,12,15,18-25,28-31,36-39H2,1-2H3,(H,65,66)(H,67,68)(H2,54,55,64)/b11-10-,14-13-,17-16-,27-26-,33-32?/t40-,41-,42+,43-,44-,45+,46-,50+,51-,52-/m1/s1. The monoisotopic (exact) mass is 1120 g/mol. The Balaban J connectivity index is 1.69. The van der Waals surface area contributed by atoms with Gasteiger partial charge in [-0.15, -0.1) is 0 Å². The number of nitrogen functional groups attached to an aromatic ring is 1. The van der Waals surface area contributed by atoms with Crippen LogP contribution in [0.3, 0.4) is 0 Å². The molecule has 0 aliphatic carbocycles. The summed E-state index contributed by atoms with van der Waals surface area (Å²) < 4.78 is 58.7. The van der Waals surface area contributed by atoms with Crippen LogP contribution in [-0.2, 0) is 46.3 Å². The number of ether oxygens (including phenoxy) is 3. The minimum absolute atomic E-state index is 0.0432. The van der Waals surface area contributed by atoms with Gasteiger partial charge in [-0.3, -0.25) is 23.2 Å². The van der Waals surface area contributed by atoms with Crippen LogP contribution < -0.4 is 11.4 Å². The lowest BCUT2D eigenvalue weighted by Gasteiger charge is -2.40. The number of carbonyl (C=O) groups excluding carboxylic acids is 2. The molecule has 76 heavy (non-hydrogen) atoms. The summed E-state index contributed by atoms with van der Waals surface area (Å²) in [5, 5.41) is 57.3. The number of aliphatic hydroxyl groups is 5. The highest BCUT2D eigenvalue weighted by atomic mass is 31.3. The summed E-state index contributed by atoms with van der Waals surface area (Å²) in [5.41, 5.74) is 4.73. The summed E-state index contributed by atoms with van der Waals surface area (Å²) in [6.07, 6.45) is 22.3. The minimum Gasteiger partial charge on any atom is -0.462 e. The Hall–Kier alpha value is -3.66. The van der Waals surface area contributed by atoms with E-state index in [2.05, 4.69) is 52.7 Å². The highest BCUT2D eigenvalue weighted by Crippen LogP contribution is 2.60. The van der Waals surface area contributed by atoms with Crippen LogP contribution in [0.25, 0.3) is 0 Å². The lowest BCUT2D eigenvalue weighted by Crippen LogP contribution is -2.52. The molecule has 0 spiro atoms. The summed E-state index contributed by atoms with van der Waals surface area (Å²) in [6.45, 7) is 1.42. The quantitative estimate of drug-likeness (QED) is 0.0180. The van der Waals surface area contributed by atoms with Crippen molar-refractivity contribution < 1.29 is 81.6 Å². The number of aliphatic hydroxyl groups excluding tert-OH is 5. The summed E-state index contributed by atoms with van der Waals surface area (Å²) in [7, 11) is -11.3. The molecule has 23 heteroatoms. The lowest BCUT2D eigenvalue weighted by atomic mass is 9.82. The zero-order chi connectivity index (χ0) is 55.8. The minimum atomic E-state index is -5.70. The number of unbranched alkanes of at least 4 members (excludes halogenated alkanes) is 12. The van der Waals surface area contributed by atoms with Crippen molar-refractivity contribution in [3.63, 3.8) is 0 Å². The molecule has 1 saturated heterocycles. The maximum absolute atomic E-state index is 13.3. The summed E-state index contributed by atoms with van der Waals surface area (Å²) in [5.74, 6) is -4.44. The zero-order valence-electron chi connectivity index (χ0n) is 44.4. The van der Waals surface area contributed by atoms with Crippen LogP contribution in [-0.4, -0.2) is 119 Å². The molecule has 9 N–H and O–H groups in total. The first kappa shape index (κ1) is 66.6. The molecule has 0 amide bonds. The Morgan fingerprint density at radius 2 is 1.42 bits per heavy atom. The molecule has 2 unspecified atom stereocenters. The van der Waals surface area contributed by atoms with Gasteiger partial charge in [0.05, 0.1) is 44.1 Å². The normalized spacial score (nSPS) is 29.6. The average Bonchev–Trinajstić information content (AvgIpc) is 3.36. The molecule has 1 aromatic heterocycles. The van der Waals surface area contributed by atoms with Gasteiger partial charge in [-0.1, -0.05) is 139 Å². The van der Waals surface area contributed by atoms with Crippen LogP contribution >= 0.6 is 15.6 Å². The molecule has 1 fully saturated rings. The first-order valence-electron chi connectivity index (χ1n) is 27.1. The fourth-order valence-corrected chi connectivity index (χ4v) is 10.7. The number of nitrogens with two attached hydrogens (primary N) is 1. The van der Waals surface area contributed by atoms with Crippen LogP contribution in [0.2, 0.25) is 0 Å². The van der Waals surface area contributed by atoms with Crippen LogP contribution in [0.5, 0.6) is 0 Å². The SMILES string of the molecule is CCCCCC/C=C\C/C=C\C/C=C\CCCCCCCCC(=O)OC[C@@H]1COP(=O)(O)OP(=O)(O)OC[C@H]2O[C@@H](n3ccc(N)nc3=O)[C@H](C/C=C\CC(=O)O1)[C@@H](O)C[C@@H](O)[C@H](C=C[C@H](O)CCCCC)[C@H](O)[C@@H]2O. The molecule has 3 heterocycles. The molecule has 2 aliphatic rings. The van der Waals surface area contributed by atoms with Crippen molar-refractivity contribution in [1.29, 1.82) is 0 Å². The number of hydrogen-bond acceptors (Lipinski definition) is 18. The summed E-state index contributed by atoms with van der Waals surface area (Å²) in [4.78, 5) is 64.2. The van der Waals surface area contributed by atoms with E-state index in [-0.39, 0.29) is 18.7 Å². The van der Waals surface area contributed by atoms with Gasteiger partial charge in [0.2, 0.25) is 0 Å². The van der Waals surface area contributed by atoms with Gasteiger partial charge in [0, 0.05) is 30.9 Å². The third-order valence-corrected chi connectivity index (χ3v) is 15.5. The highest BCUT2D eigenvalue weighted by Gasteiger charge is 2.45. The molecule has 12 atom stereocenters. The van der Waals surface area contributed by atoms with Crippen molar-refractivity contribution in [2.24, 2.45) is 11.8 Å². The fraction of sp³-hybridized carbons (Fsp3) is 0.698. The summed E-state index contributed by atoms with van der Waals surface area (Å²) in [6, 6.07) is 1.22. The van der Waals surface area contributed by atoms with E-state index in [1.54, 1.807) is 0 Å².